The van der Waals surface area contributed by atoms with E-state index in [0.29, 0.717) is 0 Å². The molecule has 0 heterocycles. The Morgan fingerprint density at radius 1 is 1.50 bits per heavy atom. The highest BCUT2D eigenvalue weighted by Crippen LogP contribution is 2.09. The standard InChI is InChI=1S/C9H16O/c1-8(2)5-4-6-9(3)7-10/h8H,4-6H2,1-3H3. The normalized spacial score (nSPS) is 9.60. The molecule has 0 bridgehead atoms. The van der Waals surface area contributed by atoms with Crippen molar-refractivity contribution in [2.75, 3.05) is 0 Å². The van der Waals surface area contributed by atoms with E-state index in [4.69, 9.17) is 0 Å². The zero-order valence-corrected chi connectivity index (χ0v) is 7.11. The van der Waals surface area contributed by atoms with Crippen molar-refractivity contribution in [3.05, 3.63) is 5.57 Å². The van der Waals surface area contributed by atoms with E-state index >= 15 is 0 Å². The van der Waals surface area contributed by atoms with Crippen LogP contribution in [0.15, 0.2) is 5.57 Å². The van der Waals surface area contributed by atoms with Crippen LogP contribution in [0.2, 0.25) is 0 Å². The second-order valence-electron chi connectivity index (χ2n) is 3.17. The predicted octanol–water partition coefficient (Wildman–Crippen LogP) is 2.59. The van der Waals surface area contributed by atoms with Crippen LogP contribution < -0.4 is 0 Å². The van der Waals surface area contributed by atoms with Gasteiger partial charge >= 0.3 is 0 Å². The molecule has 0 saturated heterocycles. The molecule has 0 aromatic heterocycles. The summed E-state index contributed by atoms with van der Waals surface area (Å²) in [5.41, 5.74) is 0.848. The molecule has 0 rings (SSSR count). The average Bonchev–Trinajstić information content (AvgIpc) is 1.87. The largest absolute Gasteiger partial charge is 0.234 e. The minimum absolute atomic E-state index is 0.749. The van der Waals surface area contributed by atoms with E-state index < -0.39 is 0 Å². The first-order valence-corrected chi connectivity index (χ1v) is 3.87. The third-order valence-electron chi connectivity index (χ3n) is 1.51. The van der Waals surface area contributed by atoms with Gasteiger partial charge in [-0.15, -0.1) is 0 Å². The quantitative estimate of drug-likeness (QED) is 0.548. The van der Waals surface area contributed by atoms with Crippen molar-refractivity contribution >= 4 is 5.94 Å². The summed E-state index contributed by atoms with van der Waals surface area (Å²) in [6, 6.07) is 0. The Balaban J connectivity index is 3.29. The second kappa shape index (κ2) is 5.25. The fourth-order valence-electron chi connectivity index (χ4n) is 0.827. The number of rotatable bonds is 4. The highest BCUT2D eigenvalue weighted by atomic mass is 16.1. The molecule has 0 N–H and O–H groups in total. The smallest absolute Gasteiger partial charge is 0.123 e. The Hall–Kier alpha value is -0.550. The molecule has 58 valence electrons. The topological polar surface area (TPSA) is 17.1 Å². The monoisotopic (exact) mass is 140 g/mol. The van der Waals surface area contributed by atoms with Crippen molar-refractivity contribution in [2.45, 2.75) is 40.0 Å². The second-order valence-corrected chi connectivity index (χ2v) is 3.17. The third-order valence-corrected chi connectivity index (χ3v) is 1.51. The van der Waals surface area contributed by atoms with Crippen molar-refractivity contribution in [2.24, 2.45) is 5.92 Å². The van der Waals surface area contributed by atoms with E-state index in [1.807, 2.05) is 12.9 Å². The molecule has 1 heteroatoms. The maximum atomic E-state index is 10.0. The third kappa shape index (κ3) is 5.58. The molecular weight excluding hydrogens is 124 g/mol. The van der Waals surface area contributed by atoms with Crippen LogP contribution in [0.4, 0.5) is 0 Å². The van der Waals surface area contributed by atoms with Crippen LogP contribution >= 0.6 is 0 Å². The van der Waals surface area contributed by atoms with Gasteiger partial charge in [-0.25, -0.2) is 4.79 Å². The predicted molar refractivity (Wildman–Crippen MR) is 43.6 cm³/mol. The van der Waals surface area contributed by atoms with Gasteiger partial charge in [-0.2, -0.15) is 0 Å². The summed E-state index contributed by atoms with van der Waals surface area (Å²) in [6.45, 7) is 6.23. The molecular formula is C9H16O. The van der Waals surface area contributed by atoms with Gasteiger partial charge in [-0.05, 0) is 25.7 Å². The molecule has 0 aliphatic heterocycles. The first-order chi connectivity index (χ1) is 4.66. The van der Waals surface area contributed by atoms with Crippen LogP contribution in [0.25, 0.3) is 0 Å². The van der Waals surface area contributed by atoms with E-state index in [0.717, 1.165) is 24.3 Å². The molecule has 0 fully saturated rings. The van der Waals surface area contributed by atoms with Gasteiger partial charge in [0.05, 0.1) is 0 Å². The van der Waals surface area contributed by atoms with E-state index in [9.17, 15) is 4.79 Å². The number of hydrogen-bond acceptors (Lipinski definition) is 1. The van der Waals surface area contributed by atoms with Gasteiger partial charge in [0.25, 0.3) is 0 Å². The van der Waals surface area contributed by atoms with Crippen LogP contribution in [-0.2, 0) is 4.79 Å². The fraction of sp³-hybridized carbons (Fsp3) is 0.778. The summed E-state index contributed by atoms with van der Waals surface area (Å²) in [6.07, 6.45) is 3.25. The van der Waals surface area contributed by atoms with E-state index in [-0.39, 0.29) is 0 Å². The van der Waals surface area contributed by atoms with Gasteiger partial charge in [0, 0.05) is 5.57 Å². The molecule has 0 radical (unpaired) electrons. The molecule has 0 aliphatic carbocycles. The summed E-state index contributed by atoms with van der Waals surface area (Å²) >= 11 is 0. The summed E-state index contributed by atoms with van der Waals surface area (Å²) in [5.74, 6) is 2.65. The van der Waals surface area contributed by atoms with Gasteiger partial charge in [0.15, 0.2) is 0 Å². The molecule has 1 nitrogen and oxygen atoms in total. The molecule has 0 aliphatic rings. The van der Waals surface area contributed by atoms with Crippen LogP contribution in [-0.4, -0.2) is 5.94 Å². The van der Waals surface area contributed by atoms with E-state index in [1.54, 1.807) is 0 Å². The Morgan fingerprint density at radius 2 is 2.10 bits per heavy atom. The number of hydrogen-bond donors (Lipinski definition) is 0. The Kier molecular flexibility index (Phi) is 4.96. The highest BCUT2D eigenvalue weighted by molar-refractivity contribution is 5.50. The number of carbonyl (C=O) groups excluding carboxylic acids is 1. The van der Waals surface area contributed by atoms with Crippen molar-refractivity contribution < 1.29 is 4.79 Å². The molecule has 0 saturated carbocycles. The zero-order valence-electron chi connectivity index (χ0n) is 7.11. The zero-order chi connectivity index (χ0) is 7.98. The van der Waals surface area contributed by atoms with Crippen LogP contribution in [0, 0.1) is 5.92 Å². The minimum Gasteiger partial charge on any atom is -0.234 e. The lowest BCUT2D eigenvalue weighted by Crippen LogP contribution is -1.87. The maximum absolute atomic E-state index is 10.0. The molecule has 0 aromatic carbocycles. The Bertz CT molecular complexity index is 130. The van der Waals surface area contributed by atoms with Gasteiger partial charge in [0.1, 0.15) is 5.94 Å². The molecule has 0 atom stereocenters. The lowest BCUT2D eigenvalue weighted by Gasteiger charge is -2.01. The van der Waals surface area contributed by atoms with Gasteiger partial charge in [0.2, 0.25) is 0 Å². The summed E-state index contributed by atoms with van der Waals surface area (Å²) < 4.78 is 0. The lowest BCUT2D eigenvalue weighted by atomic mass is 10.0. The Labute approximate surface area is 63.1 Å². The molecule has 0 unspecified atom stereocenters. The van der Waals surface area contributed by atoms with Crippen molar-refractivity contribution in [3.63, 3.8) is 0 Å². The van der Waals surface area contributed by atoms with Crippen LogP contribution in [0.5, 0.6) is 0 Å². The van der Waals surface area contributed by atoms with Gasteiger partial charge in [-0.3, -0.25) is 0 Å². The molecule has 10 heavy (non-hydrogen) atoms. The van der Waals surface area contributed by atoms with Crippen LogP contribution in [0.3, 0.4) is 0 Å². The SMILES string of the molecule is CC(=C=O)CCCC(C)C. The van der Waals surface area contributed by atoms with Crippen molar-refractivity contribution in [1.29, 1.82) is 0 Å². The molecule has 0 aromatic rings. The van der Waals surface area contributed by atoms with Gasteiger partial charge < -0.3 is 0 Å². The first kappa shape index (κ1) is 9.45. The summed E-state index contributed by atoms with van der Waals surface area (Å²) in [7, 11) is 0. The fourth-order valence-corrected chi connectivity index (χ4v) is 0.827. The maximum Gasteiger partial charge on any atom is 0.123 e. The summed E-state index contributed by atoms with van der Waals surface area (Å²) in [4.78, 5) is 10.0. The molecule has 0 amide bonds. The summed E-state index contributed by atoms with van der Waals surface area (Å²) in [5, 5.41) is 0. The lowest BCUT2D eigenvalue weighted by molar-refractivity contribution is 0.548. The number of allylic oxidation sites excluding steroid dienone is 1. The van der Waals surface area contributed by atoms with Crippen molar-refractivity contribution in [3.8, 4) is 0 Å². The average molecular weight is 140 g/mol. The van der Waals surface area contributed by atoms with Crippen molar-refractivity contribution in [1.82, 2.24) is 0 Å². The van der Waals surface area contributed by atoms with E-state index in [2.05, 4.69) is 13.8 Å². The van der Waals surface area contributed by atoms with Crippen LogP contribution in [0.1, 0.15) is 40.0 Å². The van der Waals surface area contributed by atoms with Gasteiger partial charge in [-0.1, -0.05) is 20.3 Å². The molecule has 0 spiro atoms. The minimum atomic E-state index is 0.749. The van der Waals surface area contributed by atoms with E-state index in [1.165, 1.54) is 6.42 Å². The highest BCUT2D eigenvalue weighted by Gasteiger charge is 1.94. The first-order valence-electron chi connectivity index (χ1n) is 3.87. The Morgan fingerprint density at radius 3 is 2.50 bits per heavy atom.